The molecule has 0 unspecified atom stereocenters. The maximum Gasteiger partial charge on any atom is 0.324 e. The predicted molar refractivity (Wildman–Crippen MR) is 103 cm³/mol. The van der Waals surface area contributed by atoms with Gasteiger partial charge in [0, 0.05) is 17.6 Å². The summed E-state index contributed by atoms with van der Waals surface area (Å²) in [4.78, 5) is 16.2. The zero-order chi connectivity index (χ0) is 19.9. The number of halogens is 1. The van der Waals surface area contributed by atoms with E-state index in [9.17, 15) is 10.0 Å². The summed E-state index contributed by atoms with van der Waals surface area (Å²) >= 11 is 6.00. The van der Waals surface area contributed by atoms with Crippen molar-refractivity contribution in [3.8, 4) is 11.8 Å². The van der Waals surface area contributed by atoms with E-state index in [4.69, 9.17) is 21.6 Å². The smallest absolute Gasteiger partial charge is 0.324 e. The van der Waals surface area contributed by atoms with Crippen LogP contribution in [0.1, 0.15) is 12.0 Å². The molecule has 0 saturated heterocycles. The molecule has 8 nitrogen and oxygen atoms in total. The molecule has 0 atom stereocenters. The summed E-state index contributed by atoms with van der Waals surface area (Å²) < 4.78 is 5.27. The van der Waals surface area contributed by atoms with Crippen LogP contribution in [0.4, 0.5) is 16.3 Å². The van der Waals surface area contributed by atoms with Gasteiger partial charge in [-0.15, -0.1) is 0 Å². The fourth-order valence-electron chi connectivity index (χ4n) is 2.16. The van der Waals surface area contributed by atoms with Crippen molar-refractivity contribution >= 4 is 29.1 Å². The summed E-state index contributed by atoms with van der Waals surface area (Å²) in [6, 6.07) is 9.36. The third-order valence-electron chi connectivity index (χ3n) is 3.42. The molecule has 0 spiro atoms. The number of hydroxylamine groups is 3. The number of nitrogens with one attached hydrogen (secondary N) is 2. The second-order valence-electron chi connectivity index (χ2n) is 6.26. The predicted octanol–water partition coefficient (Wildman–Crippen LogP) is 3.59. The molecule has 1 aromatic carbocycles. The number of rotatable bonds is 7. The molecule has 27 heavy (non-hydrogen) atoms. The maximum absolute atomic E-state index is 12.2. The van der Waals surface area contributed by atoms with E-state index in [1.54, 1.807) is 38.4 Å². The quantitative estimate of drug-likeness (QED) is 0.427. The van der Waals surface area contributed by atoms with Crippen molar-refractivity contribution in [2.24, 2.45) is 0 Å². The van der Waals surface area contributed by atoms with E-state index in [1.165, 1.54) is 12.3 Å². The average Bonchev–Trinajstić information content (AvgIpc) is 2.60. The number of quaternary nitrogens is 1. The SMILES string of the molecule is C[N+](C)([O-])CCCOc1ccc(Cl)cc1NC(=O)Nc1ccc(C#N)cn1. The van der Waals surface area contributed by atoms with Gasteiger partial charge in [0.15, 0.2) is 0 Å². The second kappa shape index (κ2) is 9.19. The Morgan fingerprint density at radius 1 is 1.33 bits per heavy atom. The van der Waals surface area contributed by atoms with Gasteiger partial charge in [-0.25, -0.2) is 9.78 Å². The molecule has 1 aromatic heterocycles. The van der Waals surface area contributed by atoms with Gasteiger partial charge in [-0.05, 0) is 30.3 Å². The normalized spacial score (nSPS) is 10.8. The summed E-state index contributed by atoms with van der Waals surface area (Å²) in [5.74, 6) is 0.741. The van der Waals surface area contributed by atoms with E-state index in [2.05, 4.69) is 15.6 Å². The molecule has 2 aromatic rings. The van der Waals surface area contributed by atoms with Gasteiger partial charge in [-0.1, -0.05) is 11.6 Å². The number of carbonyl (C=O) groups excluding carboxylic acids is 1. The van der Waals surface area contributed by atoms with E-state index >= 15 is 0 Å². The van der Waals surface area contributed by atoms with E-state index in [0.717, 1.165) is 0 Å². The Kier molecular flexibility index (Phi) is 6.96. The minimum Gasteiger partial charge on any atom is -0.633 e. The van der Waals surface area contributed by atoms with Crippen LogP contribution >= 0.6 is 11.6 Å². The van der Waals surface area contributed by atoms with Crippen LogP contribution < -0.4 is 15.4 Å². The number of amides is 2. The second-order valence-corrected chi connectivity index (χ2v) is 6.70. The molecular formula is C18H20ClN5O3. The Morgan fingerprint density at radius 2 is 2.11 bits per heavy atom. The number of nitriles is 1. The number of aromatic nitrogens is 1. The zero-order valence-electron chi connectivity index (χ0n) is 15.0. The number of hydrogen-bond donors (Lipinski definition) is 2. The fraction of sp³-hybridized carbons (Fsp3) is 0.278. The summed E-state index contributed by atoms with van der Waals surface area (Å²) in [6.07, 6.45) is 1.93. The van der Waals surface area contributed by atoms with E-state index in [-0.39, 0.29) is 0 Å². The molecule has 0 aliphatic rings. The van der Waals surface area contributed by atoms with E-state index in [1.807, 2.05) is 6.07 Å². The van der Waals surface area contributed by atoms with Crippen molar-refractivity contribution < 1.29 is 14.2 Å². The molecule has 142 valence electrons. The van der Waals surface area contributed by atoms with Gasteiger partial charge < -0.3 is 19.9 Å². The highest BCUT2D eigenvalue weighted by Crippen LogP contribution is 2.28. The Morgan fingerprint density at radius 3 is 2.74 bits per heavy atom. The largest absolute Gasteiger partial charge is 0.633 e. The van der Waals surface area contributed by atoms with Crippen molar-refractivity contribution in [1.29, 1.82) is 5.26 Å². The van der Waals surface area contributed by atoms with E-state index < -0.39 is 10.7 Å². The average molecular weight is 390 g/mol. The number of pyridine rings is 1. The monoisotopic (exact) mass is 389 g/mol. The van der Waals surface area contributed by atoms with Gasteiger partial charge in [-0.2, -0.15) is 5.26 Å². The van der Waals surface area contributed by atoms with Crippen LogP contribution in [0.3, 0.4) is 0 Å². The third-order valence-corrected chi connectivity index (χ3v) is 3.66. The molecule has 9 heteroatoms. The van der Waals surface area contributed by atoms with Crippen molar-refractivity contribution in [2.45, 2.75) is 6.42 Å². The van der Waals surface area contributed by atoms with Crippen LogP contribution in [-0.2, 0) is 0 Å². The molecule has 0 fully saturated rings. The zero-order valence-corrected chi connectivity index (χ0v) is 15.8. The third kappa shape index (κ3) is 7.11. The molecule has 0 radical (unpaired) electrons. The van der Waals surface area contributed by atoms with E-state index in [0.29, 0.717) is 47.4 Å². The molecule has 0 aliphatic carbocycles. The standard InChI is InChI=1S/C18H20ClN5O3/c1-24(2,26)8-3-9-27-16-6-5-14(19)10-15(16)22-18(25)23-17-7-4-13(11-20)12-21-17/h4-7,10,12H,3,8-9H2,1-2H3,(H2,21,22,23,25). The molecule has 0 saturated carbocycles. The maximum atomic E-state index is 12.2. The molecule has 2 N–H and O–H groups in total. The molecular weight excluding hydrogens is 370 g/mol. The number of urea groups is 1. The minimum atomic E-state index is -0.531. The molecule has 0 aliphatic heterocycles. The number of anilines is 2. The van der Waals surface area contributed by atoms with Gasteiger partial charge in [0.1, 0.15) is 17.6 Å². The topological polar surface area (TPSA) is 110 Å². The number of hydrogen-bond acceptors (Lipinski definition) is 5. The Bertz CT molecular complexity index is 828. The van der Waals surface area contributed by atoms with Crippen LogP contribution in [0.2, 0.25) is 5.02 Å². The minimum absolute atomic E-state index is 0.298. The first-order valence-corrected chi connectivity index (χ1v) is 8.55. The lowest BCUT2D eigenvalue weighted by Gasteiger charge is -2.33. The number of ether oxygens (including phenoxy) is 1. The van der Waals surface area contributed by atoms with Gasteiger partial charge in [0.2, 0.25) is 0 Å². The van der Waals surface area contributed by atoms with Gasteiger partial charge >= 0.3 is 6.03 Å². The Balaban J connectivity index is 1.98. The van der Waals surface area contributed by atoms with Crippen LogP contribution in [0, 0.1) is 16.5 Å². The van der Waals surface area contributed by atoms with Gasteiger partial charge in [0.25, 0.3) is 0 Å². The molecule has 2 rings (SSSR count). The molecule has 2 amide bonds. The summed E-state index contributed by atoms with van der Waals surface area (Å²) in [6.45, 7) is 0.750. The first-order chi connectivity index (χ1) is 12.8. The lowest BCUT2D eigenvalue weighted by molar-refractivity contribution is -0.840. The van der Waals surface area contributed by atoms with Crippen molar-refractivity contribution in [3.05, 3.63) is 52.3 Å². The number of carbonyl (C=O) groups is 1. The molecule has 1 heterocycles. The van der Waals surface area contributed by atoms with Crippen LogP contribution in [0.25, 0.3) is 0 Å². The lowest BCUT2D eigenvalue weighted by atomic mass is 10.3. The number of benzene rings is 1. The summed E-state index contributed by atoms with van der Waals surface area (Å²) in [5, 5.41) is 26.0. The summed E-state index contributed by atoms with van der Waals surface area (Å²) in [7, 11) is 3.13. The highest BCUT2D eigenvalue weighted by molar-refractivity contribution is 6.31. The lowest BCUT2D eigenvalue weighted by Crippen LogP contribution is -2.33. The van der Waals surface area contributed by atoms with Gasteiger partial charge in [0.05, 0.1) is 38.5 Å². The fourth-order valence-corrected chi connectivity index (χ4v) is 2.33. The van der Waals surface area contributed by atoms with Crippen LogP contribution in [0.15, 0.2) is 36.5 Å². The van der Waals surface area contributed by atoms with Crippen molar-refractivity contribution in [3.63, 3.8) is 0 Å². The summed E-state index contributed by atoms with van der Waals surface area (Å²) in [5.41, 5.74) is 0.788. The first-order valence-electron chi connectivity index (χ1n) is 8.17. The first kappa shape index (κ1) is 20.5. The van der Waals surface area contributed by atoms with Crippen molar-refractivity contribution in [2.75, 3.05) is 37.9 Å². The highest BCUT2D eigenvalue weighted by atomic mass is 35.5. The Hall–Kier alpha value is -2.86. The van der Waals surface area contributed by atoms with Crippen LogP contribution in [0.5, 0.6) is 5.75 Å². The number of nitrogens with zero attached hydrogens (tertiary/aromatic N) is 3. The Labute approximate surface area is 162 Å². The van der Waals surface area contributed by atoms with Crippen LogP contribution in [-0.4, -0.2) is 42.9 Å². The molecule has 0 bridgehead atoms. The highest BCUT2D eigenvalue weighted by Gasteiger charge is 2.10. The van der Waals surface area contributed by atoms with Crippen molar-refractivity contribution in [1.82, 2.24) is 4.98 Å². The van der Waals surface area contributed by atoms with Gasteiger partial charge in [-0.3, -0.25) is 5.32 Å².